The van der Waals surface area contributed by atoms with E-state index in [9.17, 15) is 9.59 Å². The Morgan fingerprint density at radius 1 is 1.07 bits per heavy atom. The van der Waals surface area contributed by atoms with Crippen LogP contribution in [0, 0.1) is 11.8 Å². The van der Waals surface area contributed by atoms with Crippen LogP contribution in [-0.4, -0.2) is 45.4 Å². The first-order chi connectivity index (χ1) is 14.6. The van der Waals surface area contributed by atoms with E-state index in [-0.39, 0.29) is 5.91 Å². The zero-order valence-corrected chi connectivity index (χ0v) is 16.6. The molecule has 1 fully saturated rings. The maximum absolute atomic E-state index is 13.0. The number of pyridine rings is 1. The van der Waals surface area contributed by atoms with Gasteiger partial charge in [-0.1, -0.05) is 18.2 Å². The highest BCUT2D eigenvalue weighted by Crippen LogP contribution is 2.28. The monoisotopic (exact) mass is 407 g/mol. The average molecular weight is 407 g/mol. The fourth-order valence-electron chi connectivity index (χ4n) is 4.11. The van der Waals surface area contributed by atoms with Crippen molar-refractivity contribution in [2.75, 3.05) is 13.1 Å². The minimum Gasteiger partial charge on any atom is -0.465 e. The summed E-state index contributed by atoms with van der Waals surface area (Å²) in [5.41, 5.74) is 2.92. The number of amides is 2. The number of fused-ring (bicyclic) bond motifs is 1. The predicted molar refractivity (Wildman–Crippen MR) is 113 cm³/mol. The summed E-state index contributed by atoms with van der Waals surface area (Å²) in [6.45, 7) is 1.13. The first-order valence-corrected chi connectivity index (χ1v) is 10.2. The lowest BCUT2D eigenvalue weighted by molar-refractivity contribution is 0.0942. The van der Waals surface area contributed by atoms with E-state index in [4.69, 9.17) is 5.11 Å². The van der Waals surface area contributed by atoms with Crippen molar-refractivity contribution in [1.82, 2.24) is 25.8 Å². The second-order valence-electron chi connectivity index (χ2n) is 7.84. The van der Waals surface area contributed by atoms with Crippen LogP contribution >= 0.6 is 0 Å². The van der Waals surface area contributed by atoms with Gasteiger partial charge in [-0.2, -0.15) is 5.10 Å². The number of aromatic nitrogens is 3. The summed E-state index contributed by atoms with van der Waals surface area (Å²) in [6, 6.07) is 9.45. The van der Waals surface area contributed by atoms with E-state index in [0.717, 1.165) is 42.1 Å². The highest BCUT2D eigenvalue weighted by atomic mass is 16.4. The molecule has 2 amide bonds. The van der Waals surface area contributed by atoms with Crippen molar-refractivity contribution in [3.05, 3.63) is 48.3 Å². The fraction of sp³-hybridized carbons (Fsp3) is 0.364. The molecular weight excluding hydrogens is 382 g/mol. The van der Waals surface area contributed by atoms with Crippen LogP contribution in [0.2, 0.25) is 0 Å². The van der Waals surface area contributed by atoms with E-state index in [1.807, 2.05) is 30.3 Å². The van der Waals surface area contributed by atoms with E-state index in [1.54, 1.807) is 12.4 Å². The van der Waals surface area contributed by atoms with Gasteiger partial charge >= 0.3 is 6.09 Å². The molecule has 1 aromatic carbocycles. The molecule has 0 saturated heterocycles. The third-order valence-corrected chi connectivity index (χ3v) is 5.81. The van der Waals surface area contributed by atoms with Crippen molar-refractivity contribution in [3.8, 4) is 11.3 Å². The Hall–Kier alpha value is -3.42. The van der Waals surface area contributed by atoms with E-state index < -0.39 is 6.09 Å². The molecule has 1 aliphatic carbocycles. The van der Waals surface area contributed by atoms with E-state index in [2.05, 4.69) is 25.8 Å². The first kappa shape index (κ1) is 19.9. The zero-order chi connectivity index (χ0) is 20.9. The molecule has 156 valence electrons. The maximum atomic E-state index is 13.0. The molecule has 0 atom stereocenters. The Morgan fingerprint density at radius 3 is 2.43 bits per heavy atom. The maximum Gasteiger partial charge on any atom is 0.404 e. The number of H-pyrrole nitrogens is 1. The summed E-state index contributed by atoms with van der Waals surface area (Å²) in [5, 5.41) is 21.9. The normalized spacial score (nSPS) is 18.8. The average Bonchev–Trinajstić information content (AvgIpc) is 3.31. The van der Waals surface area contributed by atoms with Gasteiger partial charge in [0.2, 0.25) is 0 Å². The highest BCUT2D eigenvalue weighted by Gasteiger charge is 2.22. The topological polar surface area (TPSA) is 120 Å². The van der Waals surface area contributed by atoms with Crippen molar-refractivity contribution >= 4 is 22.9 Å². The van der Waals surface area contributed by atoms with Crippen LogP contribution in [0.15, 0.2) is 42.7 Å². The number of nitrogens with one attached hydrogen (secondary N) is 3. The number of para-hydroxylation sites is 1. The lowest BCUT2D eigenvalue weighted by Crippen LogP contribution is -2.34. The molecule has 0 unspecified atom stereocenters. The Balaban J connectivity index is 1.42. The molecule has 8 nitrogen and oxygen atoms in total. The summed E-state index contributed by atoms with van der Waals surface area (Å²) in [4.78, 5) is 28.3. The minimum atomic E-state index is -0.969. The van der Waals surface area contributed by atoms with Gasteiger partial charge in [-0.05, 0) is 49.7 Å². The van der Waals surface area contributed by atoms with Gasteiger partial charge in [0.25, 0.3) is 5.91 Å². The molecule has 4 rings (SSSR count). The Labute approximate surface area is 174 Å². The van der Waals surface area contributed by atoms with Crippen molar-refractivity contribution in [2.45, 2.75) is 25.7 Å². The number of carbonyl (C=O) groups excluding carboxylic acids is 1. The molecular formula is C22H25N5O3. The number of nitrogens with zero attached hydrogens (tertiary/aromatic N) is 2. The van der Waals surface area contributed by atoms with Gasteiger partial charge in [0.05, 0.1) is 23.0 Å². The summed E-state index contributed by atoms with van der Waals surface area (Å²) < 4.78 is 0. The number of hydrogen-bond acceptors (Lipinski definition) is 4. The molecule has 1 saturated carbocycles. The third kappa shape index (κ3) is 4.59. The zero-order valence-electron chi connectivity index (χ0n) is 16.6. The van der Waals surface area contributed by atoms with E-state index in [1.165, 1.54) is 0 Å². The quantitative estimate of drug-likeness (QED) is 0.499. The molecule has 0 spiro atoms. The summed E-state index contributed by atoms with van der Waals surface area (Å²) >= 11 is 0. The Morgan fingerprint density at radius 2 is 1.77 bits per heavy atom. The largest absolute Gasteiger partial charge is 0.465 e. The van der Waals surface area contributed by atoms with Gasteiger partial charge in [0.1, 0.15) is 0 Å². The molecule has 1 aliphatic rings. The van der Waals surface area contributed by atoms with Crippen molar-refractivity contribution < 1.29 is 14.7 Å². The SMILES string of the molecule is O=C(O)NCC1CCC(CNC(=O)c2cc(-c3cn[nH]c3)nc3ccccc23)CC1. The summed E-state index contributed by atoms with van der Waals surface area (Å²) in [6.07, 6.45) is 6.41. The van der Waals surface area contributed by atoms with Crippen LogP contribution in [0.25, 0.3) is 22.2 Å². The minimum absolute atomic E-state index is 0.104. The molecule has 0 aliphatic heterocycles. The lowest BCUT2D eigenvalue weighted by atomic mass is 9.82. The van der Waals surface area contributed by atoms with Gasteiger partial charge in [-0.3, -0.25) is 9.89 Å². The molecule has 8 heteroatoms. The standard InChI is InChI=1S/C22H25N5O3/c28-21(23-10-14-5-7-15(8-6-14)11-24-22(29)30)18-9-20(16-12-25-26-13-16)27-19-4-2-1-3-17(18)19/h1-4,9,12-15,24H,5-8,10-11H2,(H,23,28)(H,25,26)(H,29,30). The van der Waals surface area contributed by atoms with Crippen LogP contribution in [-0.2, 0) is 0 Å². The van der Waals surface area contributed by atoms with Gasteiger partial charge in [0.15, 0.2) is 0 Å². The predicted octanol–water partition coefficient (Wildman–Crippen LogP) is 3.43. The van der Waals surface area contributed by atoms with Gasteiger partial charge in [-0.25, -0.2) is 9.78 Å². The third-order valence-electron chi connectivity index (χ3n) is 5.81. The van der Waals surface area contributed by atoms with Gasteiger partial charge < -0.3 is 15.7 Å². The molecule has 30 heavy (non-hydrogen) atoms. The van der Waals surface area contributed by atoms with Gasteiger partial charge in [0, 0.05) is 30.2 Å². The first-order valence-electron chi connectivity index (χ1n) is 10.2. The molecule has 4 N–H and O–H groups in total. The van der Waals surface area contributed by atoms with Crippen molar-refractivity contribution in [1.29, 1.82) is 0 Å². The van der Waals surface area contributed by atoms with Crippen LogP contribution in [0.4, 0.5) is 4.79 Å². The molecule has 2 aromatic heterocycles. The van der Waals surface area contributed by atoms with Crippen LogP contribution in [0.3, 0.4) is 0 Å². The molecule has 0 bridgehead atoms. The van der Waals surface area contributed by atoms with Crippen LogP contribution in [0.5, 0.6) is 0 Å². The van der Waals surface area contributed by atoms with Crippen molar-refractivity contribution in [3.63, 3.8) is 0 Å². The molecule has 3 aromatic rings. The highest BCUT2D eigenvalue weighted by molar-refractivity contribution is 6.07. The Kier molecular flexibility index (Phi) is 5.92. The number of carboxylic acid groups (broad SMARTS) is 1. The van der Waals surface area contributed by atoms with Crippen LogP contribution in [0.1, 0.15) is 36.0 Å². The Bertz CT molecular complexity index is 1030. The second-order valence-corrected chi connectivity index (χ2v) is 7.84. The molecule has 2 heterocycles. The number of hydrogen-bond donors (Lipinski definition) is 4. The van der Waals surface area contributed by atoms with Crippen LogP contribution < -0.4 is 10.6 Å². The van der Waals surface area contributed by atoms with Gasteiger partial charge in [-0.15, -0.1) is 0 Å². The number of benzene rings is 1. The van der Waals surface area contributed by atoms with E-state index in [0.29, 0.717) is 36.2 Å². The number of carbonyl (C=O) groups is 2. The second kappa shape index (κ2) is 8.94. The van der Waals surface area contributed by atoms with Crippen molar-refractivity contribution in [2.24, 2.45) is 11.8 Å². The summed E-state index contributed by atoms with van der Waals surface area (Å²) in [7, 11) is 0. The lowest BCUT2D eigenvalue weighted by Gasteiger charge is -2.28. The number of aromatic amines is 1. The number of rotatable bonds is 6. The smallest absolute Gasteiger partial charge is 0.404 e. The molecule has 0 radical (unpaired) electrons. The van der Waals surface area contributed by atoms with E-state index >= 15 is 0 Å². The fourth-order valence-corrected chi connectivity index (χ4v) is 4.11. The summed E-state index contributed by atoms with van der Waals surface area (Å²) in [5.74, 6) is 0.694.